The maximum Gasteiger partial charge on any atom is 0.418 e. The van der Waals surface area contributed by atoms with Crippen LogP contribution in [0, 0.1) is 17.2 Å². The van der Waals surface area contributed by atoms with Crippen LogP contribution in [0.1, 0.15) is 58.4 Å². The molecule has 2 fully saturated rings. The monoisotopic (exact) mass is 612 g/mol. The Bertz CT molecular complexity index is 1690. The van der Waals surface area contributed by atoms with Gasteiger partial charge in [0.25, 0.3) is 15.9 Å². The van der Waals surface area contributed by atoms with Crippen LogP contribution in [0.4, 0.5) is 18.9 Å². The van der Waals surface area contributed by atoms with E-state index in [1.807, 2.05) is 17.8 Å². The van der Waals surface area contributed by atoms with Crippen molar-refractivity contribution in [2.75, 3.05) is 15.8 Å². The largest absolute Gasteiger partial charge is 0.418 e. The number of carbonyl (C=O) groups is 1. The van der Waals surface area contributed by atoms with Crippen molar-refractivity contribution in [3.8, 4) is 6.07 Å². The summed E-state index contributed by atoms with van der Waals surface area (Å²) in [5.74, 6) is 1.28. The Hall–Kier alpha value is -3.56. The minimum absolute atomic E-state index is 0.0398. The van der Waals surface area contributed by atoms with Gasteiger partial charge in [-0.1, -0.05) is 6.07 Å². The van der Waals surface area contributed by atoms with Gasteiger partial charge in [0.1, 0.15) is 0 Å². The summed E-state index contributed by atoms with van der Waals surface area (Å²) >= 11 is 1.81. The number of benzene rings is 2. The van der Waals surface area contributed by atoms with Crippen LogP contribution < -0.4 is 9.62 Å². The van der Waals surface area contributed by atoms with Crippen LogP contribution in [-0.4, -0.2) is 36.9 Å². The molecule has 0 radical (unpaired) electrons. The SMILES string of the molecule is N#Cc1cccc(S(=O)(=O)N2c3ccc(C(=O)NCc4ncccc4C(F)(F)F)cc3C3(CCSCC3)C2C2CC2)c1. The van der Waals surface area contributed by atoms with Crippen molar-refractivity contribution in [2.45, 2.75) is 54.8 Å². The molecular formula is C30H27F3N4O3S2. The van der Waals surface area contributed by atoms with Gasteiger partial charge in [0, 0.05) is 17.2 Å². The molecule has 6 rings (SSSR count). The van der Waals surface area contributed by atoms with E-state index < -0.39 is 39.6 Å². The number of sulfonamides is 1. The molecule has 1 saturated carbocycles. The lowest BCUT2D eigenvalue weighted by Gasteiger charge is -2.41. The lowest BCUT2D eigenvalue weighted by atomic mass is 9.70. The predicted molar refractivity (Wildman–Crippen MR) is 152 cm³/mol. The third kappa shape index (κ3) is 4.92. The number of fused-ring (bicyclic) bond motifs is 2. The first-order valence-corrected chi connectivity index (χ1v) is 16.2. The molecule has 1 atom stereocenters. The molecule has 1 aliphatic carbocycles. The number of nitriles is 1. The van der Waals surface area contributed by atoms with Crippen molar-refractivity contribution in [1.82, 2.24) is 10.3 Å². The zero-order valence-electron chi connectivity index (χ0n) is 22.4. The molecule has 12 heteroatoms. The Morgan fingerprint density at radius 2 is 1.88 bits per heavy atom. The Kier molecular flexibility index (Phi) is 7.22. The molecule has 7 nitrogen and oxygen atoms in total. The molecule has 1 aromatic heterocycles. The second-order valence-electron chi connectivity index (χ2n) is 10.9. The summed E-state index contributed by atoms with van der Waals surface area (Å²) < 4.78 is 70.3. The average molecular weight is 613 g/mol. The quantitative estimate of drug-likeness (QED) is 0.386. The number of alkyl halides is 3. The Morgan fingerprint density at radius 3 is 2.57 bits per heavy atom. The lowest BCUT2D eigenvalue weighted by molar-refractivity contribution is -0.138. The third-order valence-corrected chi connectivity index (χ3v) is 11.2. The fourth-order valence-electron chi connectivity index (χ4n) is 6.38. The summed E-state index contributed by atoms with van der Waals surface area (Å²) in [6.45, 7) is -0.409. The predicted octanol–water partition coefficient (Wildman–Crippen LogP) is 5.65. The number of nitrogens with one attached hydrogen (secondary N) is 1. The topological polar surface area (TPSA) is 103 Å². The highest BCUT2D eigenvalue weighted by molar-refractivity contribution is 7.99. The lowest BCUT2D eigenvalue weighted by Crippen LogP contribution is -2.50. The van der Waals surface area contributed by atoms with Crippen molar-refractivity contribution >= 4 is 33.4 Å². The molecule has 0 bridgehead atoms. The highest BCUT2D eigenvalue weighted by atomic mass is 32.2. The molecular weight excluding hydrogens is 585 g/mol. The second kappa shape index (κ2) is 10.6. The van der Waals surface area contributed by atoms with E-state index in [0.29, 0.717) is 5.69 Å². The molecule has 3 heterocycles. The molecule has 218 valence electrons. The van der Waals surface area contributed by atoms with E-state index in [9.17, 15) is 31.6 Å². The summed E-state index contributed by atoms with van der Waals surface area (Å²) in [5.41, 5.74) is 0.0925. The zero-order chi connectivity index (χ0) is 29.7. The molecule has 3 aromatic rings. The van der Waals surface area contributed by atoms with E-state index in [2.05, 4.69) is 10.3 Å². The molecule has 2 aromatic carbocycles. The fraction of sp³-hybridized carbons (Fsp3) is 0.367. The summed E-state index contributed by atoms with van der Waals surface area (Å²) in [4.78, 5) is 17.1. The summed E-state index contributed by atoms with van der Waals surface area (Å²) in [6, 6.07) is 14.7. The number of halogens is 3. The molecule has 42 heavy (non-hydrogen) atoms. The van der Waals surface area contributed by atoms with Gasteiger partial charge in [0.15, 0.2) is 0 Å². The molecule has 1 unspecified atom stereocenters. The molecule has 1 N–H and O–H groups in total. The number of hydrogen-bond acceptors (Lipinski definition) is 6. The van der Waals surface area contributed by atoms with E-state index in [0.717, 1.165) is 48.8 Å². The number of aromatic nitrogens is 1. The van der Waals surface area contributed by atoms with Crippen LogP contribution in [0.25, 0.3) is 0 Å². The Morgan fingerprint density at radius 1 is 1.12 bits per heavy atom. The van der Waals surface area contributed by atoms with Gasteiger partial charge < -0.3 is 5.32 Å². The molecule has 3 aliphatic rings. The van der Waals surface area contributed by atoms with E-state index in [1.54, 1.807) is 24.3 Å². The highest BCUT2D eigenvalue weighted by Gasteiger charge is 2.59. The third-order valence-electron chi connectivity index (χ3n) is 8.44. The standard InChI is InChI=1S/C30H27F3N4O3S2/c31-30(32,33)23-5-2-12-35-25(23)18-36-28(38)21-8-9-26-24(16-21)29(10-13-41-14-11-29)27(20-6-7-20)37(26)42(39,40)22-4-1-3-19(15-22)17-34/h1-5,8-9,12,15-16,20,27H,6-7,10-11,13-14,18H2,(H,36,38). The number of carbonyl (C=O) groups excluding carboxylic acids is 1. The first-order chi connectivity index (χ1) is 20.1. The maximum atomic E-state index is 14.3. The van der Waals surface area contributed by atoms with E-state index >= 15 is 0 Å². The molecule has 1 amide bonds. The van der Waals surface area contributed by atoms with Gasteiger partial charge in [-0.3, -0.25) is 14.1 Å². The van der Waals surface area contributed by atoms with Gasteiger partial charge >= 0.3 is 6.18 Å². The van der Waals surface area contributed by atoms with Gasteiger partial charge in [0.05, 0.1) is 46.1 Å². The smallest absolute Gasteiger partial charge is 0.346 e. The summed E-state index contributed by atoms with van der Waals surface area (Å²) in [7, 11) is -4.05. The number of hydrogen-bond donors (Lipinski definition) is 1. The Balaban J connectivity index is 1.39. The number of rotatable bonds is 6. The van der Waals surface area contributed by atoms with Gasteiger partial charge in [-0.2, -0.15) is 30.2 Å². The zero-order valence-corrected chi connectivity index (χ0v) is 24.0. The number of anilines is 1. The first kappa shape index (κ1) is 28.6. The number of amides is 1. The second-order valence-corrected chi connectivity index (χ2v) is 13.9. The fourth-order valence-corrected chi connectivity index (χ4v) is 9.44. The van der Waals surface area contributed by atoms with Crippen molar-refractivity contribution in [2.24, 2.45) is 5.92 Å². The van der Waals surface area contributed by atoms with Crippen molar-refractivity contribution < 1.29 is 26.4 Å². The first-order valence-electron chi connectivity index (χ1n) is 13.6. The number of nitrogens with zero attached hydrogens (tertiary/aromatic N) is 3. The average Bonchev–Trinajstić information content (AvgIpc) is 3.79. The summed E-state index contributed by atoms with van der Waals surface area (Å²) in [5, 5.41) is 12.0. The minimum atomic E-state index is -4.60. The van der Waals surface area contributed by atoms with Crippen molar-refractivity contribution in [3.63, 3.8) is 0 Å². The van der Waals surface area contributed by atoms with E-state index in [1.165, 1.54) is 34.8 Å². The van der Waals surface area contributed by atoms with Gasteiger partial charge in [-0.25, -0.2) is 8.42 Å². The number of pyridine rings is 1. The normalized spacial score (nSPS) is 19.8. The van der Waals surface area contributed by atoms with Crippen LogP contribution in [0.3, 0.4) is 0 Å². The summed E-state index contributed by atoms with van der Waals surface area (Å²) in [6.07, 6.45) is -0.0787. The van der Waals surface area contributed by atoms with Crippen LogP contribution >= 0.6 is 11.8 Å². The van der Waals surface area contributed by atoms with Gasteiger partial charge in [-0.05, 0) is 97.2 Å². The van der Waals surface area contributed by atoms with Crippen LogP contribution in [0.15, 0.2) is 65.7 Å². The van der Waals surface area contributed by atoms with Gasteiger partial charge in [0.2, 0.25) is 0 Å². The van der Waals surface area contributed by atoms with Crippen LogP contribution in [-0.2, 0) is 28.2 Å². The van der Waals surface area contributed by atoms with E-state index in [4.69, 9.17) is 0 Å². The van der Waals surface area contributed by atoms with Gasteiger partial charge in [-0.15, -0.1) is 0 Å². The van der Waals surface area contributed by atoms with Crippen LogP contribution in [0.5, 0.6) is 0 Å². The van der Waals surface area contributed by atoms with Crippen molar-refractivity contribution in [1.29, 1.82) is 5.26 Å². The minimum Gasteiger partial charge on any atom is -0.346 e. The highest BCUT2D eigenvalue weighted by Crippen LogP contribution is 2.59. The molecule has 1 spiro atoms. The maximum absolute atomic E-state index is 14.3. The van der Waals surface area contributed by atoms with Crippen molar-refractivity contribution in [3.05, 3.63) is 88.7 Å². The number of thioether (sulfide) groups is 1. The van der Waals surface area contributed by atoms with Crippen LogP contribution in [0.2, 0.25) is 0 Å². The molecule has 2 aliphatic heterocycles. The molecule has 1 saturated heterocycles. The van der Waals surface area contributed by atoms with E-state index in [-0.39, 0.29) is 33.7 Å². The Labute approximate surface area is 246 Å².